The summed E-state index contributed by atoms with van der Waals surface area (Å²) in [7, 11) is 4.09. The van der Waals surface area contributed by atoms with Gasteiger partial charge in [0.2, 0.25) is 0 Å². The van der Waals surface area contributed by atoms with Crippen molar-refractivity contribution in [2.24, 2.45) is 4.99 Å². The lowest BCUT2D eigenvalue weighted by molar-refractivity contribution is 0.105. The molecule has 6 heteroatoms. The van der Waals surface area contributed by atoms with Crippen LogP contribution in [0, 0.1) is 0 Å². The molecule has 0 amide bonds. The zero-order valence-corrected chi connectivity index (χ0v) is 16.5. The molecule has 1 aliphatic carbocycles. The van der Waals surface area contributed by atoms with Gasteiger partial charge < -0.3 is 24.7 Å². The molecular weight excluding hydrogens is 328 g/mol. The topological polar surface area (TPSA) is 62.0 Å². The Kier molecular flexibility index (Phi) is 10.2. The van der Waals surface area contributed by atoms with E-state index in [1.54, 1.807) is 6.26 Å². The molecule has 1 aromatic heterocycles. The van der Waals surface area contributed by atoms with Crippen molar-refractivity contribution in [3.8, 4) is 0 Å². The molecule has 6 nitrogen and oxygen atoms in total. The van der Waals surface area contributed by atoms with E-state index in [4.69, 9.17) is 9.15 Å². The van der Waals surface area contributed by atoms with Gasteiger partial charge in [0.25, 0.3) is 0 Å². The van der Waals surface area contributed by atoms with Crippen molar-refractivity contribution in [3.05, 3.63) is 24.2 Å². The average molecular weight is 365 g/mol. The minimum Gasteiger partial charge on any atom is -0.467 e. The molecule has 2 N–H and O–H groups in total. The first kappa shape index (κ1) is 20.8. The Morgan fingerprint density at radius 3 is 2.69 bits per heavy atom. The second-order valence-electron chi connectivity index (χ2n) is 7.04. The van der Waals surface area contributed by atoms with Gasteiger partial charge in [0, 0.05) is 32.8 Å². The van der Waals surface area contributed by atoms with Gasteiger partial charge in [-0.15, -0.1) is 0 Å². The quantitative estimate of drug-likeness (QED) is 0.359. The zero-order chi connectivity index (χ0) is 18.5. The predicted molar refractivity (Wildman–Crippen MR) is 106 cm³/mol. The lowest BCUT2D eigenvalue weighted by atomic mass is 9.94. The Morgan fingerprint density at radius 1 is 1.23 bits per heavy atom. The molecule has 1 saturated carbocycles. The third-order valence-electron chi connectivity index (χ3n) is 4.98. The van der Waals surface area contributed by atoms with Crippen LogP contribution >= 0.6 is 0 Å². The van der Waals surface area contributed by atoms with Crippen molar-refractivity contribution in [2.45, 2.75) is 57.6 Å². The maximum atomic E-state index is 5.58. The number of ether oxygens (including phenoxy) is 1. The fourth-order valence-electron chi connectivity index (χ4n) is 3.41. The highest BCUT2D eigenvalue weighted by molar-refractivity contribution is 5.79. The minimum absolute atomic E-state index is 0.536. The second-order valence-corrected chi connectivity index (χ2v) is 7.04. The Bertz CT molecular complexity index is 484. The summed E-state index contributed by atoms with van der Waals surface area (Å²) in [4.78, 5) is 6.81. The van der Waals surface area contributed by atoms with E-state index in [1.807, 2.05) is 19.2 Å². The van der Waals surface area contributed by atoms with Gasteiger partial charge >= 0.3 is 0 Å². The molecule has 2 rings (SSSR count). The van der Waals surface area contributed by atoms with Crippen molar-refractivity contribution in [1.82, 2.24) is 15.5 Å². The van der Waals surface area contributed by atoms with E-state index in [1.165, 1.54) is 32.1 Å². The monoisotopic (exact) mass is 364 g/mol. The van der Waals surface area contributed by atoms with Crippen LogP contribution in [-0.4, -0.2) is 57.2 Å². The summed E-state index contributed by atoms with van der Waals surface area (Å²) in [6.07, 6.45) is 10.7. The Labute approximate surface area is 158 Å². The van der Waals surface area contributed by atoms with E-state index in [9.17, 15) is 0 Å². The molecule has 0 aromatic carbocycles. The van der Waals surface area contributed by atoms with Crippen LogP contribution in [0.1, 0.15) is 50.7 Å². The van der Waals surface area contributed by atoms with Crippen LogP contribution in [0.25, 0.3) is 0 Å². The average Bonchev–Trinajstić information content (AvgIpc) is 3.20. The summed E-state index contributed by atoms with van der Waals surface area (Å²) in [6, 6.07) is 4.60. The van der Waals surface area contributed by atoms with E-state index in [2.05, 4.69) is 27.6 Å². The maximum absolute atomic E-state index is 5.58. The summed E-state index contributed by atoms with van der Waals surface area (Å²) >= 11 is 0. The van der Waals surface area contributed by atoms with Crippen molar-refractivity contribution in [2.75, 3.05) is 40.3 Å². The van der Waals surface area contributed by atoms with Gasteiger partial charge in [-0.25, -0.2) is 0 Å². The first-order valence-corrected chi connectivity index (χ1v) is 10.0. The molecule has 0 aliphatic heterocycles. The number of guanidine groups is 1. The molecule has 1 aliphatic rings. The van der Waals surface area contributed by atoms with Gasteiger partial charge in [0.15, 0.2) is 5.96 Å². The SMILES string of the molecule is CN=C(NCCCOCc1ccco1)NCCCN(C)C1CCCCC1. The van der Waals surface area contributed by atoms with Crippen molar-refractivity contribution < 1.29 is 9.15 Å². The highest BCUT2D eigenvalue weighted by Crippen LogP contribution is 2.21. The lowest BCUT2D eigenvalue weighted by Gasteiger charge is -2.31. The van der Waals surface area contributed by atoms with Crippen LogP contribution < -0.4 is 10.6 Å². The van der Waals surface area contributed by atoms with Gasteiger partial charge in [0.05, 0.1) is 6.26 Å². The summed E-state index contributed by atoms with van der Waals surface area (Å²) in [5.41, 5.74) is 0. The third kappa shape index (κ3) is 8.23. The zero-order valence-electron chi connectivity index (χ0n) is 16.5. The van der Waals surface area contributed by atoms with Gasteiger partial charge in [-0.3, -0.25) is 4.99 Å². The second kappa shape index (κ2) is 12.8. The van der Waals surface area contributed by atoms with E-state index in [0.29, 0.717) is 13.2 Å². The Hall–Kier alpha value is -1.53. The Morgan fingerprint density at radius 2 is 2.00 bits per heavy atom. The molecule has 148 valence electrons. The summed E-state index contributed by atoms with van der Waals surface area (Å²) < 4.78 is 10.8. The summed E-state index contributed by atoms with van der Waals surface area (Å²) in [5, 5.41) is 6.73. The van der Waals surface area contributed by atoms with E-state index in [0.717, 1.165) is 50.2 Å². The number of aliphatic imine (C=N–C) groups is 1. The molecule has 1 fully saturated rings. The highest BCUT2D eigenvalue weighted by Gasteiger charge is 2.17. The van der Waals surface area contributed by atoms with Crippen LogP contribution in [0.15, 0.2) is 27.8 Å². The Balaban J connectivity index is 1.45. The smallest absolute Gasteiger partial charge is 0.190 e. The molecule has 0 radical (unpaired) electrons. The lowest BCUT2D eigenvalue weighted by Crippen LogP contribution is -2.40. The third-order valence-corrected chi connectivity index (χ3v) is 4.98. The van der Waals surface area contributed by atoms with Gasteiger partial charge in [-0.05, 0) is 51.4 Å². The number of rotatable bonds is 11. The predicted octanol–water partition coefficient (Wildman–Crippen LogP) is 3.01. The molecule has 0 atom stereocenters. The van der Waals surface area contributed by atoms with E-state index in [-0.39, 0.29) is 0 Å². The molecule has 0 bridgehead atoms. The van der Waals surface area contributed by atoms with Gasteiger partial charge in [-0.2, -0.15) is 0 Å². The largest absolute Gasteiger partial charge is 0.467 e. The maximum Gasteiger partial charge on any atom is 0.190 e. The van der Waals surface area contributed by atoms with Crippen molar-refractivity contribution in [3.63, 3.8) is 0 Å². The molecule has 1 heterocycles. The summed E-state index contributed by atoms with van der Waals surface area (Å²) in [6.45, 7) is 4.19. The number of nitrogens with zero attached hydrogens (tertiary/aromatic N) is 2. The number of hydrogen-bond donors (Lipinski definition) is 2. The normalized spacial score (nSPS) is 16.2. The van der Waals surface area contributed by atoms with Gasteiger partial charge in [0.1, 0.15) is 12.4 Å². The molecular formula is C20H36N4O2. The minimum atomic E-state index is 0.536. The first-order chi connectivity index (χ1) is 12.8. The van der Waals surface area contributed by atoms with Crippen molar-refractivity contribution >= 4 is 5.96 Å². The number of hydrogen-bond acceptors (Lipinski definition) is 4. The van der Waals surface area contributed by atoms with E-state index >= 15 is 0 Å². The van der Waals surface area contributed by atoms with Crippen LogP contribution in [0.3, 0.4) is 0 Å². The van der Waals surface area contributed by atoms with Crippen LogP contribution in [0.4, 0.5) is 0 Å². The molecule has 26 heavy (non-hydrogen) atoms. The first-order valence-electron chi connectivity index (χ1n) is 10.0. The summed E-state index contributed by atoms with van der Waals surface area (Å²) in [5.74, 6) is 1.74. The highest BCUT2D eigenvalue weighted by atomic mass is 16.5. The molecule has 0 saturated heterocycles. The number of nitrogens with one attached hydrogen (secondary N) is 2. The van der Waals surface area contributed by atoms with Crippen LogP contribution in [-0.2, 0) is 11.3 Å². The molecule has 0 unspecified atom stereocenters. The van der Waals surface area contributed by atoms with Crippen LogP contribution in [0.5, 0.6) is 0 Å². The van der Waals surface area contributed by atoms with Gasteiger partial charge in [-0.1, -0.05) is 19.3 Å². The van der Waals surface area contributed by atoms with Crippen LogP contribution in [0.2, 0.25) is 0 Å². The fraction of sp³-hybridized carbons (Fsp3) is 0.750. The standard InChI is InChI=1S/C20H36N4O2/c1-21-20(23-13-8-15-25-17-19-11-6-16-26-19)22-12-7-14-24(2)18-9-4-3-5-10-18/h6,11,16,18H,3-5,7-10,12-15,17H2,1-2H3,(H2,21,22,23). The van der Waals surface area contributed by atoms with Crippen molar-refractivity contribution in [1.29, 1.82) is 0 Å². The number of furan rings is 1. The molecule has 0 spiro atoms. The fourth-order valence-corrected chi connectivity index (χ4v) is 3.41. The molecule has 1 aromatic rings. The van der Waals surface area contributed by atoms with E-state index < -0.39 is 0 Å².